The summed E-state index contributed by atoms with van der Waals surface area (Å²) in [7, 11) is -3.91. The minimum Gasteiger partial charge on any atom is -0.309 e. The molecular weight excluding hydrogens is 372 g/mol. The van der Waals surface area contributed by atoms with Crippen molar-refractivity contribution in [1.29, 1.82) is 0 Å². The number of non-ortho nitro benzene ring substituents is 1. The van der Waals surface area contributed by atoms with Gasteiger partial charge in [0, 0.05) is 18.7 Å². The Labute approximate surface area is 154 Å². The van der Waals surface area contributed by atoms with E-state index >= 15 is 0 Å². The van der Waals surface area contributed by atoms with Crippen molar-refractivity contribution in [1.82, 2.24) is 14.3 Å². The van der Waals surface area contributed by atoms with E-state index in [-0.39, 0.29) is 35.1 Å². The molecule has 0 aliphatic heterocycles. The molecule has 3 aromatic rings. The van der Waals surface area contributed by atoms with E-state index in [1.807, 2.05) is 0 Å². The topological polar surface area (TPSA) is 126 Å². The van der Waals surface area contributed by atoms with Gasteiger partial charge in [-0.1, -0.05) is 19.1 Å². The Hall–Kier alpha value is -3.11. The number of nitro groups is 1. The second-order valence-corrected chi connectivity index (χ2v) is 7.65. The standard InChI is InChI=1S/C17H16N4O5S/c1-2-20(27(25,26)13-9-7-12(8-10-13)21(23)24)11-16-18-15-6-4-3-5-14(15)17(22)19-16/h3-10H,2,11H2,1H3,(H,18,19,22). The highest BCUT2D eigenvalue weighted by atomic mass is 32.2. The van der Waals surface area contributed by atoms with Crippen molar-refractivity contribution in [3.8, 4) is 0 Å². The number of aromatic amines is 1. The van der Waals surface area contributed by atoms with Crippen LogP contribution in [-0.4, -0.2) is 34.2 Å². The smallest absolute Gasteiger partial charge is 0.269 e. The quantitative estimate of drug-likeness (QED) is 0.509. The highest BCUT2D eigenvalue weighted by Gasteiger charge is 2.25. The van der Waals surface area contributed by atoms with Crippen LogP contribution in [-0.2, 0) is 16.6 Å². The van der Waals surface area contributed by atoms with Gasteiger partial charge in [0.15, 0.2) is 0 Å². The fraction of sp³-hybridized carbons (Fsp3) is 0.176. The van der Waals surface area contributed by atoms with E-state index in [1.165, 1.54) is 12.1 Å². The van der Waals surface area contributed by atoms with Gasteiger partial charge in [0.05, 0.1) is 27.3 Å². The number of sulfonamides is 1. The normalized spacial score (nSPS) is 11.8. The third kappa shape index (κ3) is 3.71. The van der Waals surface area contributed by atoms with Crippen molar-refractivity contribution >= 4 is 26.6 Å². The second-order valence-electron chi connectivity index (χ2n) is 5.71. The van der Waals surface area contributed by atoms with Crippen LogP contribution in [0.3, 0.4) is 0 Å². The molecule has 1 N–H and O–H groups in total. The number of H-pyrrole nitrogens is 1. The Morgan fingerprint density at radius 3 is 2.44 bits per heavy atom. The first-order valence-electron chi connectivity index (χ1n) is 8.05. The van der Waals surface area contributed by atoms with Gasteiger partial charge in [0.2, 0.25) is 10.0 Å². The van der Waals surface area contributed by atoms with Crippen molar-refractivity contribution in [2.75, 3.05) is 6.54 Å². The molecule has 0 atom stereocenters. The molecule has 27 heavy (non-hydrogen) atoms. The molecule has 0 radical (unpaired) electrons. The summed E-state index contributed by atoms with van der Waals surface area (Å²) in [6.07, 6.45) is 0. The van der Waals surface area contributed by atoms with Gasteiger partial charge < -0.3 is 4.98 Å². The van der Waals surface area contributed by atoms with Crippen LogP contribution in [0.5, 0.6) is 0 Å². The first-order valence-corrected chi connectivity index (χ1v) is 9.49. The maximum Gasteiger partial charge on any atom is 0.269 e. The zero-order valence-corrected chi connectivity index (χ0v) is 15.1. The maximum absolute atomic E-state index is 12.8. The van der Waals surface area contributed by atoms with Crippen LogP contribution in [0.4, 0.5) is 5.69 Å². The van der Waals surface area contributed by atoms with Gasteiger partial charge in [-0.2, -0.15) is 4.31 Å². The molecule has 0 amide bonds. The number of nitro benzene ring substituents is 1. The van der Waals surface area contributed by atoms with Crippen LogP contribution < -0.4 is 5.56 Å². The molecule has 1 heterocycles. The number of fused-ring (bicyclic) bond motifs is 1. The lowest BCUT2D eigenvalue weighted by Gasteiger charge is -2.20. The van der Waals surface area contributed by atoms with Crippen molar-refractivity contribution in [3.05, 3.63) is 74.8 Å². The molecule has 0 spiro atoms. The van der Waals surface area contributed by atoms with Gasteiger partial charge in [-0.25, -0.2) is 13.4 Å². The van der Waals surface area contributed by atoms with Crippen molar-refractivity contribution in [2.24, 2.45) is 0 Å². The number of hydrogen-bond donors (Lipinski definition) is 1. The minimum atomic E-state index is -3.91. The average Bonchev–Trinajstić information content (AvgIpc) is 2.66. The summed E-state index contributed by atoms with van der Waals surface area (Å²) in [5.74, 6) is 0.214. The summed E-state index contributed by atoms with van der Waals surface area (Å²) < 4.78 is 26.8. The van der Waals surface area contributed by atoms with E-state index in [2.05, 4.69) is 9.97 Å². The van der Waals surface area contributed by atoms with Gasteiger partial charge >= 0.3 is 0 Å². The van der Waals surface area contributed by atoms with E-state index in [4.69, 9.17) is 0 Å². The number of nitrogens with one attached hydrogen (secondary N) is 1. The molecule has 140 valence electrons. The zero-order valence-electron chi connectivity index (χ0n) is 14.3. The first kappa shape index (κ1) is 18.7. The SMILES string of the molecule is CCN(Cc1nc2ccccc2c(=O)[nH]1)S(=O)(=O)c1ccc([N+](=O)[O-])cc1. The van der Waals surface area contributed by atoms with Gasteiger partial charge in [0.1, 0.15) is 5.82 Å². The van der Waals surface area contributed by atoms with E-state index in [1.54, 1.807) is 31.2 Å². The Morgan fingerprint density at radius 1 is 1.15 bits per heavy atom. The summed E-state index contributed by atoms with van der Waals surface area (Å²) >= 11 is 0. The number of rotatable bonds is 6. The Morgan fingerprint density at radius 2 is 1.81 bits per heavy atom. The third-order valence-electron chi connectivity index (χ3n) is 4.03. The lowest BCUT2D eigenvalue weighted by Crippen LogP contribution is -2.32. The largest absolute Gasteiger partial charge is 0.309 e. The van der Waals surface area contributed by atoms with E-state index in [9.17, 15) is 23.3 Å². The summed E-state index contributed by atoms with van der Waals surface area (Å²) in [4.78, 5) is 29.1. The molecule has 0 unspecified atom stereocenters. The highest BCUT2D eigenvalue weighted by Crippen LogP contribution is 2.20. The predicted molar refractivity (Wildman–Crippen MR) is 98.7 cm³/mol. The molecule has 0 saturated heterocycles. The molecule has 0 aliphatic carbocycles. The number of hydrogen-bond acceptors (Lipinski definition) is 6. The summed E-state index contributed by atoms with van der Waals surface area (Å²) in [5, 5.41) is 11.2. The molecule has 3 rings (SSSR count). The molecule has 0 fully saturated rings. The van der Waals surface area contributed by atoms with Crippen LogP contribution in [0, 0.1) is 10.1 Å². The van der Waals surface area contributed by atoms with Gasteiger partial charge in [0.25, 0.3) is 11.2 Å². The second kappa shape index (κ2) is 7.25. The molecule has 10 heteroatoms. The number of benzene rings is 2. The van der Waals surface area contributed by atoms with E-state index < -0.39 is 14.9 Å². The Bertz CT molecular complexity index is 1160. The predicted octanol–water partition coefficient (Wildman–Crippen LogP) is 2.04. The number of nitrogens with zero attached hydrogens (tertiary/aromatic N) is 3. The summed E-state index contributed by atoms with van der Waals surface area (Å²) in [5.41, 5.74) is -0.0723. The monoisotopic (exact) mass is 388 g/mol. The lowest BCUT2D eigenvalue weighted by molar-refractivity contribution is -0.384. The van der Waals surface area contributed by atoms with Crippen LogP contribution >= 0.6 is 0 Å². The van der Waals surface area contributed by atoms with Crippen molar-refractivity contribution < 1.29 is 13.3 Å². The van der Waals surface area contributed by atoms with Crippen molar-refractivity contribution in [3.63, 3.8) is 0 Å². The zero-order chi connectivity index (χ0) is 19.6. The van der Waals surface area contributed by atoms with Crippen molar-refractivity contribution in [2.45, 2.75) is 18.4 Å². The third-order valence-corrected chi connectivity index (χ3v) is 5.96. The fourth-order valence-electron chi connectivity index (χ4n) is 2.63. The fourth-order valence-corrected chi connectivity index (χ4v) is 4.04. The molecular formula is C17H16N4O5S. The molecule has 0 aliphatic rings. The van der Waals surface area contributed by atoms with Crippen LogP contribution in [0.25, 0.3) is 10.9 Å². The average molecular weight is 388 g/mol. The minimum absolute atomic E-state index is 0.0712. The molecule has 2 aromatic carbocycles. The molecule has 9 nitrogen and oxygen atoms in total. The summed E-state index contributed by atoms with van der Waals surface area (Å²) in [6, 6.07) is 11.4. The van der Waals surface area contributed by atoms with E-state index in [0.29, 0.717) is 10.9 Å². The Kier molecular flexibility index (Phi) is 5.02. The van der Waals surface area contributed by atoms with Gasteiger partial charge in [-0.05, 0) is 24.3 Å². The Balaban J connectivity index is 1.94. The molecule has 1 aromatic heterocycles. The highest BCUT2D eigenvalue weighted by molar-refractivity contribution is 7.89. The molecule has 0 saturated carbocycles. The lowest BCUT2D eigenvalue weighted by atomic mass is 10.2. The molecule has 0 bridgehead atoms. The summed E-state index contributed by atoms with van der Waals surface area (Å²) in [6.45, 7) is 1.66. The van der Waals surface area contributed by atoms with Crippen LogP contribution in [0.2, 0.25) is 0 Å². The van der Waals surface area contributed by atoms with Crippen LogP contribution in [0.15, 0.2) is 58.2 Å². The first-order chi connectivity index (χ1) is 12.8. The van der Waals surface area contributed by atoms with Gasteiger partial charge in [-0.15, -0.1) is 0 Å². The van der Waals surface area contributed by atoms with E-state index in [0.717, 1.165) is 16.4 Å². The number of aromatic nitrogens is 2. The number of para-hydroxylation sites is 1. The maximum atomic E-state index is 12.8. The van der Waals surface area contributed by atoms with Crippen LogP contribution in [0.1, 0.15) is 12.7 Å². The van der Waals surface area contributed by atoms with Gasteiger partial charge in [-0.3, -0.25) is 14.9 Å².